The number of rotatable bonds is 2. The molecule has 0 radical (unpaired) electrons. The van der Waals surface area contributed by atoms with Gasteiger partial charge in [-0.2, -0.15) is 5.10 Å². The van der Waals surface area contributed by atoms with Gasteiger partial charge in [-0.1, -0.05) is 0 Å². The summed E-state index contributed by atoms with van der Waals surface area (Å²) in [5, 5.41) is 6.56. The second kappa shape index (κ2) is 3.37. The minimum absolute atomic E-state index is 0.434. The molecule has 0 atom stereocenters. The maximum atomic E-state index is 5.64. The number of aromatic nitrogens is 3. The molecule has 2 rings (SSSR count). The zero-order valence-electron chi connectivity index (χ0n) is 7.69. The molecule has 0 aromatic carbocycles. The van der Waals surface area contributed by atoms with Gasteiger partial charge in [0.05, 0.1) is 24.7 Å². The lowest BCUT2D eigenvalue weighted by Gasteiger charge is -2.04. The Morgan fingerprint density at radius 3 is 2.93 bits per heavy atom. The van der Waals surface area contributed by atoms with Gasteiger partial charge in [0.1, 0.15) is 0 Å². The molecule has 72 valence electrons. The van der Waals surface area contributed by atoms with Crippen LogP contribution in [0.1, 0.15) is 0 Å². The van der Waals surface area contributed by atoms with Crippen molar-refractivity contribution in [1.82, 2.24) is 15.2 Å². The third-order valence-corrected chi connectivity index (χ3v) is 1.88. The van der Waals surface area contributed by atoms with E-state index in [1.54, 1.807) is 18.5 Å². The normalized spacial score (nSPS) is 10.1. The minimum atomic E-state index is 0.434. The zero-order chi connectivity index (χ0) is 9.97. The molecule has 3 N–H and O–H groups in total. The number of hydrogen-bond acceptors (Lipinski definition) is 4. The number of hydrogen-bond donors (Lipinski definition) is 2. The molecule has 0 saturated heterocycles. The highest BCUT2D eigenvalue weighted by Gasteiger charge is 2.05. The van der Waals surface area contributed by atoms with E-state index in [1.807, 2.05) is 6.07 Å². The number of nitrogens with zero attached hydrogens (tertiary/aromatic N) is 2. The van der Waals surface area contributed by atoms with Crippen LogP contribution in [-0.2, 0) is 0 Å². The first kappa shape index (κ1) is 8.55. The fraction of sp³-hybridized carbons (Fsp3) is 0.111. The first-order chi connectivity index (χ1) is 6.81. The van der Waals surface area contributed by atoms with Gasteiger partial charge < -0.3 is 10.5 Å². The van der Waals surface area contributed by atoms with Crippen LogP contribution in [0.5, 0.6) is 5.88 Å². The molecule has 2 heterocycles. The van der Waals surface area contributed by atoms with Crippen LogP contribution in [0, 0.1) is 0 Å². The molecule has 0 saturated carbocycles. The van der Waals surface area contributed by atoms with Gasteiger partial charge in [0.2, 0.25) is 5.88 Å². The molecule has 0 aliphatic carbocycles. The van der Waals surface area contributed by atoms with Crippen LogP contribution in [0.25, 0.3) is 11.3 Å². The topological polar surface area (TPSA) is 76.8 Å². The van der Waals surface area contributed by atoms with Crippen LogP contribution >= 0.6 is 0 Å². The summed E-state index contributed by atoms with van der Waals surface area (Å²) in [6.45, 7) is 0. The smallest absolute Gasteiger partial charge is 0.237 e. The highest BCUT2D eigenvalue weighted by Crippen LogP contribution is 2.23. The van der Waals surface area contributed by atoms with Gasteiger partial charge in [0.15, 0.2) is 0 Å². The summed E-state index contributed by atoms with van der Waals surface area (Å²) >= 11 is 0. The van der Waals surface area contributed by atoms with E-state index < -0.39 is 0 Å². The van der Waals surface area contributed by atoms with Gasteiger partial charge in [-0.25, -0.2) is 4.98 Å². The maximum Gasteiger partial charge on any atom is 0.237 e. The lowest BCUT2D eigenvalue weighted by Crippen LogP contribution is -1.95. The Kier molecular flexibility index (Phi) is 2.06. The second-order valence-electron chi connectivity index (χ2n) is 2.78. The number of nitrogen functional groups attached to an aromatic ring is 1. The molecule has 2 aromatic heterocycles. The molecular weight excluding hydrogens is 180 g/mol. The average molecular weight is 190 g/mol. The van der Waals surface area contributed by atoms with Crippen LogP contribution < -0.4 is 10.5 Å². The Balaban J connectivity index is 2.46. The number of anilines is 1. The average Bonchev–Trinajstić information content (AvgIpc) is 2.71. The molecule has 0 fully saturated rings. The summed E-state index contributed by atoms with van der Waals surface area (Å²) in [6.07, 6.45) is 3.45. The largest absolute Gasteiger partial charge is 0.480 e. The van der Waals surface area contributed by atoms with Crippen molar-refractivity contribution in [3.05, 3.63) is 24.5 Å². The molecule has 0 aliphatic rings. The van der Waals surface area contributed by atoms with E-state index in [2.05, 4.69) is 15.2 Å². The van der Waals surface area contributed by atoms with E-state index in [0.717, 1.165) is 11.3 Å². The van der Waals surface area contributed by atoms with E-state index in [9.17, 15) is 0 Å². The van der Waals surface area contributed by atoms with E-state index in [4.69, 9.17) is 10.5 Å². The Morgan fingerprint density at radius 1 is 1.43 bits per heavy atom. The third-order valence-electron chi connectivity index (χ3n) is 1.88. The first-order valence-electron chi connectivity index (χ1n) is 4.11. The molecule has 0 unspecified atom stereocenters. The van der Waals surface area contributed by atoms with E-state index in [0.29, 0.717) is 11.6 Å². The highest BCUT2D eigenvalue weighted by atomic mass is 16.5. The fourth-order valence-corrected chi connectivity index (χ4v) is 1.17. The van der Waals surface area contributed by atoms with Crippen molar-refractivity contribution in [3.63, 3.8) is 0 Å². The van der Waals surface area contributed by atoms with Gasteiger partial charge in [-0.05, 0) is 12.1 Å². The van der Waals surface area contributed by atoms with Crippen molar-refractivity contribution in [3.8, 4) is 17.1 Å². The molecule has 14 heavy (non-hydrogen) atoms. The van der Waals surface area contributed by atoms with Crippen molar-refractivity contribution in [2.24, 2.45) is 0 Å². The van der Waals surface area contributed by atoms with Gasteiger partial charge in [-0.15, -0.1) is 0 Å². The summed E-state index contributed by atoms with van der Waals surface area (Å²) < 4.78 is 5.02. The van der Waals surface area contributed by atoms with E-state index in [-0.39, 0.29) is 0 Å². The van der Waals surface area contributed by atoms with Crippen LogP contribution in [-0.4, -0.2) is 22.3 Å². The highest BCUT2D eigenvalue weighted by molar-refractivity contribution is 5.62. The van der Waals surface area contributed by atoms with Crippen LogP contribution in [0.15, 0.2) is 24.5 Å². The van der Waals surface area contributed by atoms with E-state index >= 15 is 0 Å². The summed E-state index contributed by atoms with van der Waals surface area (Å²) in [4.78, 5) is 4.23. The van der Waals surface area contributed by atoms with Gasteiger partial charge >= 0.3 is 0 Å². The third kappa shape index (κ3) is 1.39. The minimum Gasteiger partial charge on any atom is -0.480 e. The molecule has 0 amide bonds. The Bertz CT molecular complexity index is 424. The summed E-state index contributed by atoms with van der Waals surface area (Å²) in [7, 11) is 1.54. The summed E-state index contributed by atoms with van der Waals surface area (Å²) in [5.41, 5.74) is 7.86. The van der Waals surface area contributed by atoms with Crippen LogP contribution in [0.3, 0.4) is 0 Å². The summed E-state index contributed by atoms with van der Waals surface area (Å²) in [6, 6.07) is 3.58. The van der Waals surface area contributed by atoms with Crippen molar-refractivity contribution < 1.29 is 4.74 Å². The number of aromatic amines is 1. The molecule has 5 nitrogen and oxygen atoms in total. The lowest BCUT2D eigenvalue weighted by molar-refractivity contribution is 0.401. The Morgan fingerprint density at radius 2 is 2.29 bits per heavy atom. The molecular formula is C9H10N4O. The van der Waals surface area contributed by atoms with Crippen LogP contribution in [0.4, 0.5) is 5.69 Å². The zero-order valence-corrected chi connectivity index (χ0v) is 7.69. The monoisotopic (exact) mass is 190 g/mol. The molecule has 5 heteroatoms. The standard InChI is InChI=1S/C9H10N4O/c1-14-9-7(10)2-3-8(13-9)6-4-11-12-5-6/h2-5H,10H2,1H3,(H,11,12). The second-order valence-corrected chi connectivity index (χ2v) is 2.78. The quantitative estimate of drug-likeness (QED) is 0.742. The molecule has 0 spiro atoms. The number of H-pyrrole nitrogens is 1. The van der Waals surface area contributed by atoms with E-state index in [1.165, 1.54) is 7.11 Å². The Hall–Kier alpha value is -2.04. The fourth-order valence-electron chi connectivity index (χ4n) is 1.17. The number of methoxy groups -OCH3 is 1. The maximum absolute atomic E-state index is 5.64. The molecule has 0 aliphatic heterocycles. The Labute approximate surface area is 80.9 Å². The van der Waals surface area contributed by atoms with Crippen molar-refractivity contribution in [2.45, 2.75) is 0 Å². The predicted octanol–water partition coefficient (Wildman–Crippen LogP) is 1.06. The van der Waals surface area contributed by atoms with Gasteiger partial charge in [-0.3, -0.25) is 5.10 Å². The van der Waals surface area contributed by atoms with Crippen molar-refractivity contribution in [1.29, 1.82) is 0 Å². The molecule has 2 aromatic rings. The van der Waals surface area contributed by atoms with Gasteiger partial charge in [0.25, 0.3) is 0 Å². The lowest BCUT2D eigenvalue weighted by atomic mass is 10.2. The summed E-state index contributed by atoms with van der Waals surface area (Å²) in [5.74, 6) is 0.434. The number of ether oxygens (including phenoxy) is 1. The molecule has 0 bridgehead atoms. The number of nitrogens with two attached hydrogens (primary N) is 1. The SMILES string of the molecule is COc1nc(-c2cn[nH]c2)ccc1N. The van der Waals surface area contributed by atoms with Crippen LogP contribution in [0.2, 0.25) is 0 Å². The van der Waals surface area contributed by atoms with Gasteiger partial charge in [0, 0.05) is 11.8 Å². The number of pyridine rings is 1. The number of nitrogens with one attached hydrogen (secondary N) is 1. The van der Waals surface area contributed by atoms with Crippen molar-refractivity contribution >= 4 is 5.69 Å². The first-order valence-corrected chi connectivity index (χ1v) is 4.11. The predicted molar refractivity (Wildman–Crippen MR) is 52.8 cm³/mol. The van der Waals surface area contributed by atoms with Crippen molar-refractivity contribution in [2.75, 3.05) is 12.8 Å².